The standard InChI is InChI=1S/C11H23N2O5P/c12-6-4-2-1-3-5-9(8-19(16,17)18)7-10(13)11(14)15/h7,10H,1-6,8,12-13H2,(H,14,15)(H2,16,17,18). The fraction of sp³-hybridized carbons (Fsp3) is 0.727. The summed E-state index contributed by atoms with van der Waals surface area (Å²) in [7, 11) is -4.21. The van der Waals surface area contributed by atoms with Crippen molar-refractivity contribution < 1.29 is 24.3 Å². The zero-order chi connectivity index (χ0) is 14.9. The van der Waals surface area contributed by atoms with Crippen molar-refractivity contribution in [2.24, 2.45) is 11.5 Å². The molecule has 0 bridgehead atoms. The third-order valence-corrected chi connectivity index (χ3v) is 3.38. The minimum absolute atomic E-state index is 0.399. The van der Waals surface area contributed by atoms with Crippen molar-refractivity contribution in [1.29, 1.82) is 0 Å². The summed E-state index contributed by atoms with van der Waals surface area (Å²) in [6.45, 7) is 0.620. The molecular formula is C11H23N2O5P. The molecule has 19 heavy (non-hydrogen) atoms. The molecule has 7 N–H and O–H groups in total. The minimum atomic E-state index is -4.21. The van der Waals surface area contributed by atoms with Crippen LogP contribution in [0, 0.1) is 0 Å². The molecule has 0 spiro atoms. The van der Waals surface area contributed by atoms with Crippen LogP contribution in [0.15, 0.2) is 11.6 Å². The molecule has 112 valence electrons. The van der Waals surface area contributed by atoms with Crippen molar-refractivity contribution in [1.82, 2.24) is 0 Å². The van der Waals surface area contributed by atoms with E-state index in [0.717, 1.165) is 25.7 Å². The third kappa shape index (κ3) is 10.9. The van der Waals surface area contributed by atoms with E-state index in [0.29, 0.717) is 18.5 Å². The lowest BCUT2D eigenvalue weighted by Gasteiger charge is -2.11. The molecule has 0 aliphatic rings. The Labute approximate surface area is 112 Å². The largest absolute Gasteiger partial charge is 0.480 e. The lowest BCUT2D eigenvalue weighted by molar-refractivity contribution is -0.137. The maximum atomic E-state index is 11.0. The van der Waals surface area contributed by atoms with Crippen LogP contribution in [0.1, 0.15) is 32.1 Å². The maximum absolute atomic E-state index is 11.0. The number of carbonyl (C=O) groups is 1. The van der Waals surface area contributed by atoms with Gasteiger partial charge in [0.25, 0.3) is 0 Å². The molecule has 1 atom stereocenters. The second-order valence-corrected chi connectivity index (χ2v) is 6.11. The summed E-state index contributed by atoms with van der Waals surface area (Å²) in [6.07, 6.45) is 4.71. The molecule has 0 heterocycles. The van der Waals surface area contributed by atoms with Crippen LogP contribution < -0.4 is 11.5 Å². The fourth-order valence-electron chi connectivity index (χ4n) is 1.65. The van der Waals surface area contributed by atoms with Crippen molar-refractivity contribution in [2.75, 3.05) is 12.7 Å². The fourth-order valence-corrected chi connectivity index (χ4v) is 2.45. The Hall–Kier alpha value is -0.720. The van der Waals surface area contributed by atoms with Gasteiger partial charge >= 0.3 is 13.6 Å². The van der Waals surface area contributed by atoms with Crippen LogP contribution in [0.4, 0.5) is 0 Å². The lowest BCUT2D eigenvalue weighted by Crippen LogP contribution is -2.28. The minimum Gasteiger partial charge on any atom is -0.480 e. The Bertz CT molecular complexity index is 353. The first-order valence-electron chi connectivity index (χ1n) is 6.19. The van der Waals surface area contributed by atoms with Gasteiger partial charge in [-0.15, -0.1) is 0 Å². The van der Waals surface area contributed by atoms with Gasteiger partial charge in [0, 0.05) is 0 Å². The SMILES string of the molecule is NCCCCCCC(=CC(N)C(=O)O)CP(=O)(O)O. The molecule has 0 radical (unpaired) electrons. The summed E-state index contributed by atoms with van der Waals surface area (Å²) in [5, 5.41) is 8.69. The summed E-state index contributed by atoms with van der Waals surface area (Å²) in [5.41, 5.74) is 11.1. The van der Waals surface area contributed by atoms with E-state index in [9.17, 15) is 9.36 Å². The Morgan fingerprint density at radius 2 is 1.79 bits per heavy atom. The quantitative estimate of drug-likeness (QED) is 0.223. The highest BCUT2D eigenvalue weighted by molar-refractivity contribution is 7.52. The Morgan fingerprint density at radius 1 is 1.21 bits per heavy atom. The average Bonchev–Trinajstić information content (AvgIpc) is 2.26. The summed E-state index contributed by atoms with van der Waals surface area (Å²) in [4.78, 5) is 28.5. The van der Waals surface area contributed by atoms with Gasteiger partial charge in [0.2, 0.25) is 0 Å². The molecule has 0 saturated carbocycles. The van der Waals surface area contributed by atoms with E-state index < -0.39 is 25.8 Å². The van der Waals surface area contributed by atoms with Crippen molar-refractivity contribution in [2.45, 2.75) is 38.1 Å². The molecule has 7 nitrogen and oxygen atoms in total. The van der Waals surface area contributed by atoms with E-state index in [1.165, 1.54) is 6.08 Å². The van der Waals surface area contributed by atoms with Crippen molar-refractivity contribution >= 4 is 13.6 Å². The van der Waals surface area contributed by atoms with E-state index in [4.69, 9.17) is 26.4 Å². The van der Waals surface area contributed by atoms with Gasteiger partial charge in [0.15, 0.2) is 0 Å². The van der Waals surface area contributed by atoms with Crippen molar-refractivity contribution in [3.63, 3.8) is 0 Å². The van der Waals surface area contributed by atoms with Gasteiger partial charge in [0.05, 0.1) is 6.16 Å². The van der Waals surface area contributed by atoms with E-state index in [1.54, 1.807) is 0 Å². The Balaban J connectivity index is 4.43. The molecule has 0 amide bonds. The highest BCUT2D eigenvalue weighted by Crippen LogP contribution is 2.38. The smallest absolute Gasteiger partial charge is 0.329 e. The van der Waals surface area contributed by atoms with Crippen LogP contribution in [-0.2, 0) is 9.36 Å². The molecular weight excluding hydrogens is 271 g/mol. The first-order chi connectivity index (χ1) is 8.76. The van der Waals surface area contributed by atoms with Crippen LogP contribution in [0.25, 0.3) is 0 Å². The van der Waals surface area contributed by atoms with Crippen molar-refractivity contribution in [3.8, 4) is 0 Å². The molecule has 0 aromatic heterocycles. The predicted octanol–water partition coefficient (Wildman–Crippen LogP) is 0.412. The summed E-state index contributed by atoms with van der Waals surface area (Å²) in [5.74, 6) is -1.22. The number of rotatable bonds is 10. The van der Waals surface area contributed by atoms with Gasteiger partial charge in [-0.05, 0) is 25.8 Å². The average molecular weight is 294 g/mol. The highest BCUT2D eigenvalue weighted by atomic mass is 31.2. The summed E-state index contributed by atoms with van der Waals surface area (Å²) in [6, 6.07) is -1.23. The summed E-state index contributed by atoms with van der Waals surface area (Å²) >= 11 is 0. The van der Waals surface area contributed by atoms with E-state index in [2.05, 4.69) is 0 Å². The highest BCUT2D eigenvalue weighted by Gasteiger charge is 2.18. The number of nitrogens with two attached hydrogens (primary N) is 2. The Morgan fingerprint density at radius 3 is 2.26 bits per heavy atom. The van der Waals surface area contributed by atoms with E-state index in [-0.39, 0.29) is 0 Å². The second kappa shape index (κ2) is 9.23. The van der Waals surface area contributed by atoms with E-state index in [1.807, 2.05) is 0 Å². The molecule has 0 aliphatic carbocycles. The van der Waals surface area contributed by atoms with Crippen LogP contribution in [0.5, 0.6) is 0 Å². The van der Waals surface area contributed by atoms with Crippen LogP contribution >= 0.6 is 7.60 Å². The molecule has 1 unspecified atom stereocenters. The Kier molecular flexibility index (Phi) is 8.88. The van der Waals surface area contributed by atoms with Gasteiger partial charge in [0.1, 0.15) is 6.04 Å². The van der Waals surface area contributed by atoms with Gasteiger partial charge in [-0.3, -0.25) is 9.36 Å². The first kappa shape index (κ1) is 18.3. The zero-order valence-electron chi connectivity index (χ0n) is 10.9. The van der Waals surface area contributed by atoms with Crippen molar-refractivity contribution in [3.05, 3.63) is 11.6 Å². The number of unbranched alkanes of at least 4 members (excludes halogenated alkanes) is 3. The number of hydrogen-bond donors (Lipinski definition) is 5. The number of hydrogen-bond acceptors (Lipinski definition) is 4. The number of carboxylic acids is 1. The maximum Gasteiger partial charge on any atom is 0.329 e. The monoisotopic (exact) mass is 294 g/mol. The summed E-state index contributed by atoms with van der Waals surface area (Å²) < 4.78 is 11.0. The van der Waals surface area contributed by atoms with Gasteiger partial charge < -0.3 is 26.4 Å². The van der Waals surface area contributed by atoms with Crippen LogP contribution in [-0.4, -0.2) is 39.6 Å². The van der Waals surface area contributed by atoms with Gasteiger partial charge in [-0.2, -0.15) is 0 Å². The molecule has 0 rings (SSSR count). The lowest BCUT2D eigenvalue weighted by atomic mass is 10.1. The number of carboxylic acid groups (broad SMARTS) is 1. The van der Waals surface area contributed by atoms with E-state index >= 15 is 0 Å². The topological polar surface area (TPSA) is 147 Å². The van der Waals surface area contributed by atoms with Crippen LogP contribution in [0.2, 0.25) is 0 Å². The third-order valence-electron chi connectivity index (χ3n) is 2.56. The molecule has 0 saturated heterocycles. The molecule has 0 aromatic carbocycles. The number of allylic oxidation sites excluding steroid dienone is 1. The van der Waals surface area contributed by atoms with Gasteiger partial charge in [-0.1, -0.05) is 24.5 Å². The van der Waals surface area contributed by atoms with Gasteiger partial charge in [-0.25, -0.2) is 0 Å². The predicted molar refractivity (Wildman–Crippen MR) is 72.7 cm³/mol. The first-order valence-corrected chi connectivity index (χ1v) is 7.98. The second-order valence-electron chi connectivity index (χ2n) is 4.46. The normalized spacial score (nSPS) is 14.4. The zero-order valence-corrected chi connectivity index (χ0v) is 11.8. The molecule has 0 aromatic rings. The molecule has 0 aliphatic heterocycles. The number of aliphatic carboxylic acids is 1. The van der Waals surface area contributed by atoms with Crippen LogP contribution in [0.3, 0.4) is 0 Å². The molecule has 0 fully saturated rings. The molecule has 8 heteroatoms.